The van der Waals surface area contributed by atoms with Crippen LogP contribution in [-0.2, 0) is 6.54 Å². The second-order valence-electron chi connectivity index (χ2n) is 3.81. The van der Waals surface area contributed by atoms with E-state index in [-0.39, 0.29) is 0 Å². The predicted molar refractivity (Wildman–Crippen MR) is 77.9 cm³/mol. The van der Waals surface area contributed by atoms with E-state index in [0.717, 1.165) is 22.5 Å². The highest BCUT2D eigenvalue weighted by Crippen LogP contribution is 2.26. The normalized spacial score (nSPS) is 10.3. The molecule has 0 aliphatic rings. The number of aromatic nitrogens is 1. The molecular weight excluding hydrogens is 298 g/mol. The van der Waals surface area contributed by atoms with Gasteiger partial charge in [-0.2, -0.15) is 0 Å². The number of rotatable bonds is 4. The number of hydrogen-bond donors (Lipinski definition) is 1. The van der Waals surface area contributed by atoms with Crippen molar-refractivity contribution < 1.29 is 0 Å². The van der Waals surface area contributed by atoms with Crippen LogP contribution < -0.4 is 10.2 Å². The highest BCUT2D eigenvalue weighted by molar-refractivity contribution is 9.10. The zero-order valence-corrected chi connectivity index (χ0v) is 12.2. The molecule has 1 N–H and O–H groups in total. The largest absolute Gasteiger partial charge is 0.377 e. The zero-order chi connectivity index (χ0) is 12.3. The lowest BCUT2D eigenvalue weighted by Crippen LogP contribution is -2.13. The van der Waals surface area contributed by atoms with E-state index in [4.69, 9.17) is 0 Å². The van der Waals surface area contributed by atoms with E-state index < -0.39 is 0 Å². The average Bonchev–Trinajstić information content (AvgIpc) is 2.72. The average molecular weight is 312 g/mol. The second-order valence-corrected chi connectivity index (χ2v) is 5.67. The molecule has 2 rings (SSSR count). The first kappa shape index (κ1) is 12.4. The van der Waals surface area contributed by atoms with Gasteiger partial charge in [0.1, 0.15) is 0 Å². The summed E-state index contributed by atoms with van der Waals surface area (Å²) >= 11 is 5.27. The van der Waals surface area contributed by atoms with Gasteiger partial charge in [-0.3, -0.25) is 0 Å². The Morgan fingerprint density at radius 1 is 1.41 bits per heavy atom. The van der Waals surface area contributed by atoms with E-state index in [0.29, 0.717) is 0 Å². The molecule has 0 atom stereocenters. The Kier molecular flexibility index (Phi) is 4.02. The van der Waals surface area contributed by atoms with Crippen LogP contribution in [0.1, 0.15) is 4.88 Å². The minimum atomic E-state index is 0.810. The van der Waals surface area contributed by atoms with E-state index in [1.165, 1.54) is 4.88 Å². The van der Waals surface area contributed by atoms with Gasteiger partial charge in [-0.15, -0.1) is 11.3 Å². The fourth-order valence-electron chi connectivity index (χ4n) is 1.52. The van der Waals surface area contributed by atoms with E-state index >= 15 is 0 Å². The first-order valence-electron chi connectivity index (χ1n) is 5.26. The summed E-state index contributed by atoms with van der Waals surface area (Å²) in [6.07, 6.45) is 1.81. The molecule has 3 nitrogen and oxygen atoms in total. The summed E-state index contributed by atoms with van der Waals surface area (Å²) in [7, 11) is 3.99. The molecule has 0 radical (unpaired) electrons. The van der Waals surface area contributed by atoms with E-state index in [2.05, 4.69) is 37.7 Å². The van der Waals surface area contributed by atoms with Crippen molar-refractivity contribution in [2.45, 2.75) is 6.54 Å². The number of nitrogens with zero attached hydrogens (tertiary/aromatic N) is 2. The number of hydrogen-bond acceptors (Lipinski definition) is 4. The first-order valence-corrected chi connectivity index (χ1v) is 6.94. The van der Waals surface area contributed by atoms with E-state index in [1.807, 2.05) is 37.3 Å². The lowest BCUT2D eigenvalue weighted by molar-refractivity contribution is 1.05. The van der Waals surface area contributed by atoms with Crippen LogP contribution in [-0.4, -0.2) is 19.1 Å². The molecule has 2 aromatic heterocycles. The molecule has 5 heteroatoms. The van der Waals surface area contributed by atoms with Crippen molar-refractivity contribution in [3.05, 3.63) is 39.1 Å². The molecule has 0 spiro atoms. The molecule has 0 saturated carbocycles. The smallest absolute Gasteiger partial charge is 0.151 e. The molecule has 0 unspecified atom stereocenters. The van der Waals surface area contributed by atoms with Crippen LogP contribution in [0.3, 0.4) is 0 Å². The Morgan fingerprint density at radius 3 is 2.88 bits per heavy atom. The van der Waals surface area contributed by atoms with E-state index in [9.17, 15) is 0 Å². The number of halogens is 1. The van der Waals surface area contributed by atoms with Crippen molar-refractivity contribution >= 4 is 38.8 Å². The van der Waals surface area contributed by atoms with Gasteiger partial charge in [-0.25, -0.2) is 4.98 Å². The van der Waals surface area contributed by atoms with Crippen molar-refractivity contribution in [1.82, 2.24) is 4.98 Å². The minimum Gasteiger partial charge on any atom is -0.377 e. The monoisotopic (exact) mass is 311 g/mol. The van der Waals surface area contributed by atoms with Gasteiger partial charge in [0.2, 0.25) is 0 Å². The highest BCUT2D eigenvalue weighted by atomic mass is 79.9. The third-order valence-corrected chi connectivity index (χ3v) is 4.27. The van der Waals surface area contributed by atoms with Crippen LogP contribution in [0.4, 0.5) is 11.5 Å². The van der Waals surface area contributed by atoms with E-state index in [1.54, 1.807) is 11.3 Å². The third kappa shape index (κ3) is 2.98. The fourth-order valence-corrected chi connectivity index (χ4v) is 2.95. The van der Waals surface area contributed by atoms with Crippen LogP contribution in [0, 0.1) is 0 Å². The summed E-state index contributed by atoms with van der Waals surface area (Å²) in [5.41, 5.74) is 1.05. The summed E-state index contributed by atoms with van der Waals surface area (Å²) in [5, 5.41) is 5.49. The number of anilines is 2. The fraction of sp³-hybridized carbons (Fsp3) is 0.250. The molecule has 17 heavy (non-hydrogen) atoms. The predicted octanol–water partition coefficient (Wildman–Crippen LogP) is 3.58. The summed E-state index contributed by atoms with van der Waals surface area (Å²) in [5.74, 6) is 0.958. The van der Waals surface area contributed by atoms with Gasteiger partial charge in [-0.05, 0) is 39.5 Å². The van der Waals surface area contributed by atoms with Crippen molar-refractivity contribution in [2.24, 2.45) is 0 Å². The van der Waals surface area contributed by atoms with Crippen molar-refractivity contribution in [3.8, 4) is 0 Å². The lowest BCUT2D eigenvalue weighted by Gasteiger charge is -2.16. The van der Waals surface area contributed by atoms with Crippen LogP contribution in [0.15, 0.2) is 34.2 Å². The van der Waals surface area contributed by atoms with Gasteiger partial charge in [0, 0.05) is 29.6 Å². The summed E-state index contributed by atoms with van der Waals surface area (Å²) in [6.45, 7) is 0.810. The van der Waals surface area contributed by atoms with Crippen molar-refractivity contribution in [2.75, 3.05) is 24.3 Å². The molecular formula is C12H14BrN3S. The first-order chi connectivity index (χ1) is 8.18. The van der Waals surface area contributed by atoms with Gasteiger partial charge in [0.05, 0.1) is 12.2 Å². The van der Waals surface area contributed by atoms with Gasteiger partial charge >= 0.3 is 0 Å². The van der Waals surface area contributed by atoms with Crippen LogP contribution >= 0.6 is 27.3 Å². The lowest BCUT2D eigenvalue weighted by atomic mass is 10.3. The van der Waals surface area contributed by atoms with Gasteiger partial charge in [0.25, 0.3) is 0 Å². The molecule has 0 bridgehead atoms. The Hall–Kier alpha value is -1.07. The van der Waals surface area contributed by atoms with Crippen LogP contribution in [0.2, 0.25) is 0 Å². The summed E-state index contributed by atoms with van der Waals surface area (Å²) < 4.78 is 1.16. The van der Waals surface area contributed by atoms with Crippen molar-refractivity contribution in [1.29, 1.82) is 0 Å². The quantitative estimate of drug-likeness (QED) is 0.935. The van der Waals surface area contributed by atoms with Gasteiger partial charge in [0.15, 0.2) is 5.82 Å². The Bertz CT molecular complexity index is 496. The molecule has 0 amide bonds. The molecule has 0 saturated heterocycles. The maximum absolute atomic E-state index is 4.36. The number of pyridine rings is 1. The molecule has 2 heterocycles. The highest BCUT2D eigenvalue weighted by Gasteiger charge is 2.06. The number of nitrogens with one attached hydrogen (secondary N) is 1. The SMILES string of the molecule is CN(C)c1ncccc1NCc1sccc1Br. The molecule has 2 aromatic rings. The Labute approximate surface area is 114 Å². The third-order valence-electron chi connectivity index (χ3n) is 2.34. The molecule has 0 aliphatic heterocycles. The van der Waals surface area contributed by atoms with Gasteiger partial charge < -0.3 is 10.2 Å². The van der Waals surface area contributed by atoms with Crippen LogP contribution in [0.25, 0.3) is 0 Å². The standard InChI is InChI=1S/C12H14BrN3S/c1-16(2)12-10(4-3-6-14-12)15-8-11-9(13)5-7-17-11/h3-7,15H,8H2,1-2H3. The zero-order valence-electron chi connectivity index (χ0n) is 9.77. The number of thiophene rings is 1. The van der Waals surface area contributed by atoms with Gasteiger partial charge in [-0.1, -0.05) is 0 Å². The summed E-state index contributed by atoms with van der Waals surface area (Å²) in [4.78, 5) is 7.65. The topological polar surface area (TPSA) is 28.2 Å². The summed E-state index contributed by atoms with van der Waals surface area (Å²) in [6, 6.07) is 6.06. The molecule has 0 aromatic carbocycles. The Morgan fingerprint density at radius 2 is 2.24 bits per heavy atom. The molecule has 0 fully saturated rings. The van der Waals surface area contributed by atoms with Crippen molar-refractivity contribution in [3.63, 3.8) is 0 Å². The minimum absolute atomic E-state index is 0.810. The van der Waals surface area contributed by atoms with Crippen LogP contribution in [0.5, 0.6) is 0 Å². The molecule has 0 aliphatic carbocycles. The molecule has 90 valence electrons. The Balaban J connectivity index is 2.11. The maximum Gasteiger partial charge on any atom is 0.151 e. The maximum atomic E-state index is 4.36. The second kappa shape index (κ2) is 5.51.